The number of aliphatic hydroxyl groups excluding tert-OH is 1. The van der Waals surface area contributed by atoms with E-state index in [1.807, 2.05) is 18.2 Å². The van der Waals surface area contributed by atoms with E-state index in [1.165, 1.54) is 11.3 Å². The third kappa shape index (κ3) is 7.71. The molecule has 1 fully saturated rings. The van der Waals surface area contributed by atoms with Crippen molar-refractivity contribution in [3.63, 3.8) is 0 Å². The lowest BCUT2D eigenvalue weighted by Crippen LogP contribution is -2.49. The zero-order valence-electron chi connectivity index (χ0n) is 17.6. The van der Waals surface area contributed by atoms with Crippen molar-refractivity contribution in [3.8, 4) is 5.75 Å². The van der Waals surface area contributed by atoms with Crippen LogP contribution in [-0.4, -0.2) is 55.4 Å². The number of para-hydroxylation sites is 1. The van der Waals surface area contributed by atoms with Crippen LogP contribution in [0.3, 0.4) is 0 Å². The summed E-state index contributed by atoms with van der Waals surface area (Å²) >= 11 is 0. The standard InChI is InChI=1S/C23H32N2O2.2ClH/c1-23(2,3)19-9-11-22(12-10-19)27-18-21(26)17-24-13-15-25(16-14-24)20-7-5-4-6-8-20;;/h4-12,21,26H,13-18H2,1-3H3;2*1H. The van der Waals surface area contributed by atoms with Crippen LogP contribution < -0.4 is 9.64 Å². The van der Waals surface area contributed by atoms with Crippen LogP contribution >= 0.6 is 24.8 Å². The topological polar surface area (TPSA) is 35.9 Å². The van der Waals surface area contributed by atoms with E-state index in [1.54, 1.807) is 0 Å². The predicted octanol–water partition coefficient (Wildman–Crippen LogP) is 4.39. The highest BCUT2D eigenvalue weighted by Crippen LogP contribution is 2.24. The Bertz CT molecular complexity index is 697. The monoisotopic (exact) mass is 440 g/mol. The van der Waals surface area contributed by atoms with Gasteiger partial charge < -0.3 is 14.7 Å². The van der Waals surface area contributed by atoms with Gasteiger partial charge in [0.1, 0.15) is 18.5 Å². The summed E-state index contributed by atoms with van der Waals surface area (Å²) < 4.78 is 5.78. The maximum absolute atomic E-state index is 10.3. The van der Waals surface area contributed by atoms with Crippen LogP contribution in [0, 0.1) is 0 Å². The molecule has 1 heterocycles. The van der Waals surface area contributed by atoms with Crippen LogP contribution in [0.15, 0.2) is 54.6 Å². The molecule has 0 spiro atoms. The van der Waals surface area contributed by atoms with Gasteiger partial charge in [0.25, 0.3) is 0 Å². The van der Waals surface area contributed by atoms with Crippen molar-refractivity contribution >= 4 is 30.5 Å². The van der Waals surface area contributed by atoms with E-state index in [-0.39, 0.29) is 30.2 Å². The summed E-state index contributed by atoms with van der Waals surface area (Å²) in [7, 11) is 0. The fraction of sp³-hybridized carbons (Fsp3) is 0.478. The molecule has 1 N–H and O–H groups in total. The number of hydrogen-bond donors (Lipinski definition) is 1. The Kier molecular flexibility index (Phi) is 10.3. The summed E-state index contributed by atoms with van der Waals surface area (Å²) in [5, 5.41) is 10.3. The molecule has 2 aromatic carbocycles. The molecule has 0 amide bonds. The number of piperazine rings is 1. The number of benzene rings is 2. The first-order valence-electron chi connectivity index (χ1n) is 9.85. The number of halogens is 2. The van der Waals surface area contributed by atoms with Gasteiger partial charge in [-0.25, -0.2) is 0 Å². The molecule has 0 aliphatic carbocycles. The second kappa shape index (κ2) is 11.7. The molecular formula is C23H34Cl2N2O2. The Morgan fingerprint density at radius 3 is 2.03 bits per heavy atom. The number of ether oxygens (including phenoxy) is 1. The summed E-state index contributed by atoms with van der Waals surface area (Å²) in [6.07, 6.45) is -0.476. The summed E-state index contributed by atoms with van der Waals surface area (Å²) in [6.45, 7) is 11.5. The van der Waals surface area contributed by atoms with Gasteiger partial charge in [0, 0.05) is 38.4 Å². The molecule has 1 unspecified atom stereocenters. The lowest BCUT2D eigenvalue weighted by Gasteiger charge is -2.36. The average molecular weight is 441 g/mol. The molecule has 0 saturated carbocycles. The van der Waals surface area contributed by atoms with Gasteiger partial charge in [-0.2, -0.15) is 0 Å². The highest BCUT2D eigenvalue weighted by atomic mass is 35.5. The van der Waals surface area contributed by atoms with Gasteiger partial charge in [-0.15, -0.1) is 24.8 Å². The quantitative estimate of drug-likeness (QED) is 0.722. The fourth-order valence-corrected chi connectivity index (χ4v) is 3.42. The predicted molar refractivity (Wildman–Crippen MR) is 126 cm³/mol. The minimum atomic E-state index is -0.476. The molecule has 3 rings (SSSR count). The summed E-state index contributed by atoms with van der Waals surface area (Å²) in [5.41, 5.74) is 2.70. The minimum Gasteiger partial charge on any atom is -0.491 e. The zero-order chi connectivity index (χ0) is 19.3. The smallest absolute Gasteiger partial charge is 0.119 e. The molecule has 29 heavy (non-hydrogen) atoms. The maximum atomic E-state index is 10.3. The molecule has 1 saturated heterocycles. The zero-order valence-corrected chi connectivity index (χ0v) is 19.2. The van der Waals surface area contributed by atoms with Gasteiger partial charge in [-0.3, -0.25) is 4.90 Å². The van der Waals surface area contributed by atoms with E-state index in [9.17, 15) is 5.11 Å². The second-order valence-corrected chi connectivity index (χ2v) is 8.36. The molecular weight excluding hydrogens is 407 g/mol. The van der Waals surface area contributed by atoms with E-state index < -0.39 is 6.10 Å². The molecule has 1 aliphatic heterocycles. The van der Waals surface area contributed by atoms with Gasteiger partial charge in [0.15, 0.2) is 0 Å². The Hall–Kier alpha value is -1.46. The normalized spacial score (nSPS) is 15.8. The van der Waals surface area contributed by atoms with Crippen LogP contribution in [0.2, 0.25) is 0 Å². The summed E-state index contributed by atoms with van der Waals surface area (Å²) in [6, 6.07) is 18.7. The molecule has 1 aliphatic rings. The number of nitrogens with zero attached hydrogens (tertiary/aromatic N) is 2. The van der Waals surface area contributed by atoms with Crippen molar-refractivity contribution in [1.29, 1.82) is 0 Å². The van der Waals surface area contributed by atoms with E-state index in [0.29, 0.717) is 13.2 Å². The number of anilines is 1. The van der Waals surface area contributed by atoms with Gasteiger partial charge >= 0.3 is 0 Å². The van der Waals surface area contributed by atoms with E-state index in [0.717, 1.165) is 31.9 Å². The molecule has 162 valence electrons. The van der Waals surface area contributed by atoms with Gasteiger partial charge in [-0.1, -0.05) is 51.1 Å². The van der Waals surface area contributed by atoms with Crippen LogP contribution in [0.5, 0.6) is 5.75 Å². The van der Waals surface area contributed by atoms with E-state index in [2.05, 4.69) is 67.0 Å². The number of aliphatic hydroxyl groups is 1. The molecule has 0 radical (unpaired) electrons. The third-order valence-electron chi connectivity index (χ3n) is 5.13. The minimum absolute atomic E-state index is 0. The average Bonchev–Trinajstić information content (AvgIpc) is 2.67. The molecule has 4 nitrogen and oxygen atoms in total. The highest BCUT2D eigenvalue weighted by Gasteiger charge is 2.20. The molecule has 1 atom stereocenters. The summed E-state index contributed by atoms with van der Waals surface area (Å²) in [5.74, 6) is 0.816. The van der Waals surface area contributed by atoms with Crippen LogP contribution in [0.25, 0.3) is 0 Å². The largest absolute Gasteiger partial charge is 0.491 e. The number of β-amino-alcohol motifs (C(OH)–C–C–N with tert-alkyl or cyclic N) is 1. The van der Waals surface area contributed by atoms with Gasteiger partial charge in [0.2, 0.25) is 0 Å². The Morgan fingerprint density at radius 1 is 0.897 bits per heavy atom. The van der Waals surface area contributed by atoms with Crippen molar-refractivity contribution in [2.24, 2.45) is 0 Å². The molecule has 6 heteroatoms. The number of rotatable bonds is 6. The summed E-state index contributed by atoms with van der Waals surface area (Å²) in [4.78, 5) is 4.71. The van der Waals surface area contributed by atoms with Crippen molar-refractivity contribution in [3.05, 3.63) is 60.2 Å². The van der Waals surface area contributed by atoms with Gasteiger partial charge in [-0.05, 0) is 35.2 Å². The first kappa shape index (κ1) is 25.6. The highest BCUT2D eigenvalue weighted by molar-refractivity contribution is 5.85. The van der Waals surface area contributed by atoms with Crippen molar-refractivity contribution in [1.82, 2.24) is 4.90 Å². The Labute approximate surface area is 187 Å². The van der Waals surface area contributed by atoms with E-state index >= 15 is 0 Å². The first-order chi connectivity index (χ1) is 12.9. The van der Waals surface area contributed by atoms with Crippen LogP contribution in [0.1, 0.15) is 26.3 Å². The van der Waals surface area contributed by atoms with E-state index in [4.69, 9.17) is 4.74 Å². The molecule has 0 bridgehead atoms. The van der Waals surface area contributed by atoms with Gasteiger partial charge in [0.05, 0.1) is 0 Å². The number of hydrogen-bond acceptors (Lipinski definition) is 4. The fourth-order valence-electron chi connectivity index (χ4n) is 3.42. The van der Waals surface area contributed by atoms with Crippen LogP contribution in [-0.2, 0) is 5.41 Å². The third-order valence-corrected chi connectivity index (χ3v) is 5.13. The lowest BCUT2D eigenvalue weighted by atomic mass is 9.87. The first-order valence-corrected chi connectivity index (χ1v) is 9.85. The second-order valence-electron chi connectivity index (χ2n) is 8.36. The SMILES string of the molecule is CC(C)(C)c1ccc(OCC(O)CN2CCN(c3ccccc3)CC2)cc1.Cl.Cl. The van der Waals surface area contributed by atoms with Crippen molar-refractivity contribution in [2.75, 3.05) is 44.2 Å². The van der Waals surface area contributed by atoms with Crippen molar-refractivity contribution < 1.29 is 9.84 Å². The van der Waals surface area contributed by atoms with Crippen molar-refractivity contribution in [2.45, 2.75) is 32.3 Å². The molecule has 0 aromatic heterocycles. The maximum Gasteiger partial charge on any atom is 0.119 e. The Morgan fingerprint density at radius 2 is 1.48 bits per heavy atom. The molecule has 2 aromatic rings. The van der Waals surface area contributed by atoms with Crippen LogP contribution in [0.4, 0.5) is 5.69 Å². The lowest BCUT2D eigenvalue weighted by molar-refractivity contribution is 0.0663. The Balaban J connectivity index is 0.00000210.